The summed E-state index contributed by atoms with van der Waals surface area (Å²) < 4.78 is 34.8. The third-order valence-electron chi connectivity index (χ3n) is 5.00. The van der Waals surface area contributed by atoms with Gasteiger partial charge >= 0.3 is 16.2 Å². The van der Waals surface area contributed by atoms with E-state index in [1.54, 1.807) is 24.3 Å². The lowest BCUT2D eigenvalue weighted by molar-refractivity contribution is -0.149. The predicted molar refractivity (Wildman–Crippen MR) is 114 cm³/mol. The van der Waals surface area contributed by atoms with Gasteiger partial charge < -0.3 is 4.74 Å². The molecule has 29 heavy (non-hydrogen) atoms. The number of nitrogens with one attached hydrogen (secondary N) is 1. The van der Waals surface area contributed by atoms with E-state index in [1.165, 1.54) is 9.87 Å². The summed E-state index contributed by atoms with van der Waals surface area (Å²) in [6.07, 6.45) is 4.63. The molecule has 0 amide bonds. The van der Waals surface area contributed by atoms with Gasteiger partial charge in [-0.05, 0) is 56.2 Å². The van der Waals surface area contributed by atoms with Crippen molar-refractivity contribution >= 4 is 21.9 Å². The van der Waals surface area contributed by atoms with Gasteiger partial charge in [0.15, 0.2) is 0 Å². The Bertz CT molecular complexity index is 872. The van der Waals surface area contributed by atoms with Crippen LogP contribution in [0.4, 0.5) is 5.69 Å². The monoisotopic (exact) mass is 416 g/mol. The fraction of sp³-hybridized carbons (Fsp3) is 0.409. The Hall–Kier alpha value is -2.38. The summed E-state index contributed by atoms with van der Waals surface area (Å²) in [7, 11) is -3.82. The van der Waals surface area contributed by atoms with E-state index in [1.807, 2.05) is 24.3 Å². The molecule has 156 valence electrons. The van der Waals surface area contributed by atoms with Crippen LogP contribution >= 0.6 is 0 Å². The minimum Gasteiger partial charge on any atom is -0.464 e. The number of nitrogens with zero attached hydrogens (tertiary/aromatic N) is 1. The Balaban J connectivity index is 1.51. The third-order valence-corrected chi connectivity index (χ3v) is 6.55. The van der Waals surface area contributed by atoms with Crippen LogP contribution in [0.5, 0.6) is 0 Å². The minimum absolute atomic E-state index is 0.308. The number of aryl methyl sites for hydroxylation is 1. The standard InChI is InChI=1S/C22H28N2O4S/c25-22(28-18-10-8-13-19-11-3-1-4-12-19)21-16-7-9-17-24(21)29(26,27)23-20-14-5-2-6-15-20/h1-6,11-12,14-15,21,23H,7-10,13,16-18H2. The fourth-order valence-corrected chi connectivity index (χ4v) is 4.93. The quantitative estimate of drug-likeness (QED) is 0.499. The highest BCUT2D eigenvalue weighted by atomic mass is 32.2. The van der Waals surface area contributed by atoms with Crippen LogP contribution in [-0.4, -0.2) is 37.9 Å². The molecule has 1 aliphatic rings. The van der Waals surface area contributed by atoms with E-state index in [2.05, 4.69) is 16.9 Å². The van der Waals surface area contributed by atoms with Crippen LogP contribution in [0.2, 0.25) is 0 Å². The summed E-state index contributed by atoms with van der Waals surface area (Å²) in [5.41, 5.74) is 1.74. The molecule has 2 aromatic carbocycles. The van der Waals surface area contributed by atoms with Crippen LogP contribution in [0.1, 0.15) is 37.7 Å². The second kappa shape index (κ2) is 10.4. The number of esters is 1. The summed E-state index contributed by atoms with van der Waals surface area (Å²) in [4.78, 5) is 12.6. The molecule has 6 nitrogen and oxygen atoms in total. The van der Waals surface area contributed by atoms with Crippen LogP contribution in [0.3, 0.4) is 0 Å². The van der Waals surface area contributed by atoms with Gasteiger partial charge in [-0.15, -0.1) is 0 Å². The van der Waals surface area contributed by atoms with Crippen LogP contribution in [0, 0.1) is 0 Å². The van der Waals surface area contributed by atoms with Crippen LogP contribution in [0.25, 0.3) is 0 Å². The molecule has 0 spiro atoms. The van der Waals surface area contributed by atoms with E-state index in [4.69, 9.17) is 4.74 Å². The predicted octanol–water partition coefficient (Wildman–Crippen LogP) is 3.76. The Kier molecular flexibility index (Phi) is 7.66. The topological polar surface area (TPSA) is 75.7 Å². The number of unbranched alkanes of at least 4 members (excludes halogenated alkanes) is 1. The SMILES string of the molecule is O=C(OCCCCc1ccccc1)C1CCCCN1S(=O)(=O)Nc1ccccc1. The highest BCUT2D eigenvalue weighted by molar-refractivity contribution is 7.90. The summed E-state index contributed by atoms with van der Waals surface area (Å²) in [6.45, 7) is 0.623. The lowest BCUT2D eigenvalue weighted by Crippen LogP contribution is -2.50. The van der Waals surface area contributed by atoms with E-state index in [-0.39, 0.29) is 0 Å². The average molecular weight is 417 g/mol. The van der Waals surface area contributed by atoms with Crippen molar-refractivity contribution in [3.05, 3.63) is 66.2 Å². The Labute approximate surface area is 173 Å². The third kappa shape index (κ3) is 6.30. The minimum atomic E-state index is -3.82. The van der Waals surface area contributed by atoms with Crippen molar-refractivity contribution in [1.29, 1.82) is 0 Å². The van der Waals surface area contributed by atoms with Crippen molar-refractivity contribution in [3.63, 3.8) is 0 Å². The molecule has 1 unspecified atom stereocenters. The Morgan fingerprint density at radius 3 is 2.41 bits per heavy atom. The maximum absolute atomic E-state index is 12.8. The zero-order valence-corrected chi connectivity index (χ0v) is 17.3. The number of carbonyl (C=O) groups excluding carboxylic acids is 1. The molecule has 7 heteroatoms. The molecule has 1 atom stereocenters. The first-order valence-electron chi connectivity index (χ1n) is 10.1. The van der Waals surface area contributed by atoms with Crippen molar-refractivity contribution < 1.29 is 17.9 Å². The number of anilines is 1. The van der Waals surface area contributed by atoms with Gasteiger partial charge in [0.25, 0.3) is 0 Å². The van der Waals surface area contributed by atoms with E-state index >= 15 is 0 Å². The first-order valence-corrected chi connectivity index (χ1v) is 11.6. The molecule has 1 fully saturated rings. The van der Waals surface area contributed by atoms with Gasteiger partial charge in [-0.3, -0.25) is 9.52 Å². The van der Waals surface area contributed by atoms with Crippen molar-refractivity contribution in [2.24, 2.45) is 0 Å². The van der Waals surface area contributed by atoms with Crippen LogP contribution in [0.15, 0.2) is 60.7 Å². The van der Waals surface area contributed by atoms with Crippen LogP contribution in [-0.2, 0) is 26.2 Å². The number of ether oxygens (including phenoxy) is 1. The first-order chi connectivity index (χ1) is 14.1. The van der Waals surface area contributed by atoms with Gasteiger partial charge in [-0.25, -0.2) is 0 Å². The lowest BCUT2D eigenvalue weighted by atomic mass is 10.1. The number of benzene rings is 2. The number of hydrogen-bond acceptors (Lipinski definition) is 4. The molecule has 0 radical (unpaired) electrons. The molecular weight excluding hydrogens is 388 g/mol. The average Bonchev–Trinajstić information content (AvgIpc) is 2.74. The number of para-hydroxylation sites is 1. The molecule has 1 saturated heterocycles. The van der Waals surface area contributed by atoms with Gasteiger partial charge in [0.2, 0.25) is 0 Å². The highest BCUT2D eigenvalue weighted by Gasteiger charge is 2.37. The molecular formula is C22H28N2O4S. The molecule has 1 heterocycles. The van der Waals surface area contributed by atoms with Gasteiger partial charge in [0.05, 0.1) is 6.61 Å². The number of piperidine rings is 1. The van der Waals surface area contributed by atoms with Gasteiger partial charge in [0.1, 0.15) is 6.04 Å². The molecule has 1 N–H and O–H groups in total. The van der Waals surface area contributed by atoms with Gasteiger partial charge in [-0.2, -0.15) is 12.7 Å². The van der Waals surface area contributed by atoms with E-state index in [9.17, 15) is 13.2 Å². The highest BCUT2D eigenvalue weighted by Crippen LogP contribution is 2.23. The van der Waals surface area contributed by atoms with E-state index < -0.39 is 22.2 Å². The smallest absolute Gasteiger partial charge is 0.324 e. The van der Waals surface area contributed by atoms with Crippen LogP contribution < -0.4 is 4.72 Å². The molecule has 3 rings (SSSR count). The van der Waals surface area contributed by atoms with Crippen molar-refractivity contribution in [1.82, 2.24) is 4.31 Å². The van der Waals surface area contributed by atoms with Gasteiger partial charge in [0, 0.05) is 12.2 Å². The molecule has 0 bridgehead atoms. The maximum atomic E-state index is 12.8. The zero-order valence-electron chi connectivity index (χ0n) is 16.5. The second-order valence-electron chi connectivity index (χ2n) is 7.21. The summed E-state index contributed by atoms with van der Waals surface area (Å²) in [5, 5.41) is 0. The maximum Gasteiger partial charge on any atom is 0.324 e. The van der Waals surface area contributed by atoms with Gasteiger partial charge in [-0.1, -0.05) is 48.5 Å². The largest absolute Gasteiger partial charge is 0.464 e. The zero-order chi connectivity index (χ0) is 20.5. The Morgan fingerprint density at radius 2 is 1.69 bits per heavy atom. The molecule has 2 aromatic rings. The molecule has 0 aliphatic carbocycles. The first kappa shape index (κ1) is 21.3. The molecule has 1 aliphatic heterocycles. The van der Waals surface area contributed by atoms with Crippen molar-refractivity contribution in [3.8, 4) is 0 Å². The lowest BCUT2D eigenvalue weighted by Gasteiger charge is -2.33. The summed E-state index contributed by atoms with van der Waals surface area (Å²) in [5.74, 6) is -0.456. The van der Waals surface area contributed by atoms with Crippen molar-refractivity contribution in [2.75, 3.05) is 17.9 Å². The van der Waals surface area contributed by atoms with Crippen molar-refractivity contribution in [2.45, 2.75) is 44.6 Å². The van der Waals surface area contributed by atoms with E-state index in [0.717, 1.165) is 32.1 Å². The second-order valence-corrected chi connectivity index (χ2v) is 8.83. The van der Waals surface area contributed by atoms with E-state index in [0.29, 0.717) is 25.3 Å². The molecule has 0 aromatic heterocycles. The number of rotatable bonds is 9. The summed E-state index contributed by atoms with van der Waals surface area (Å²) in [6, 6.07) is 18.1. The molecule has 0 saturated carbocycles. The summed E-state index contributed by atoms with van der Waals surface area (Å²) >= 11 is 0. The Morgan fingerprint density at radius 1 is 1.00 bits per heavy atom. The number of hydrogen-bond donors (Lipinski definition) is 1. The number of carbonyl (C=O) groups is 1. The normalized spacial score (nSPS) is 17.6. The fourth-order valence-electron chi connectivity index (χ4n) is 3.49.